The van der Waals surface area contributed by atoms with Gasteiger partial charge in [0, 0.05) is 30.2 Å². The second kappa shape index (κ2) is 7.63. The van der Waals surface area contributed by atoms with Gasteiger partial charge in [-0.1, -0.05) is 0 Å². The van der Waals surface area contributed by atoms with E-state index in [1.54, 1.807) is 12.4 Å². The lowest BCUT2D eigenvalue weighted by Crippen LogP contribution is -2.26. The van der Waals surface area contributed by atoms with Gasteiger partial charge in [-0.3, -0.25) is 9.89 Å². The zero-order chi connectivity index (χ0) is 20.5. The third-order valence-electron chi connectivity index (χ3n) is 6.04. The molecule has 0 aliphatic heterocycles. The van der Waals surface area contributed by atoms with Gasteiger partial charge in [0.2, 0.25) is 0 Å². The minimum Gasteiger partial charge on any atom is -0.346 e. The zero-order valence-electron chi connectivity index (χ0n) is 16.4. The fraction of sp³-hybridized carbons (Fsp3) is 0.381. The van der Waals surface area contributed by atoms with Crippen LogP contribution in [0.2, 0.25) is 0 Å². The third-order valence-corrected chi connectivity index (χ3v) is 6.04. The molecule has 1 aliphatic rings. The zero-order valence-corrected chi connectivity index (χ0v) is 16.4. The predicted molar refractivity (Wildman–Crippen MR) is 110 cm³/mol. The smallest absolute Gasteiger partial charge is 0.254 e. The summed E-state index contributed by atoms with van der Waals surface area (Å²) in [6, 6.07) is 4.62. The molecule has 1 amide bonds. The fourth-order valence-corrected chi connectivity index (χ4v) is 4.53. The number of amides is 1. The Kier molecular flexibility index (Phi) is 4.67. The molecule has 0 bridgehead atoms. The number of hydrogen-bond donors (Lipinski definition) is 3. The largest absolute Gasteiger partial charge is 0.346 e. The summed E-state index contributed by atoms with van der Waals surface area (Å²) in [6.07, 6.45) is 11.4. The molecule has 1 aliphatic carbocycles. The van der Waals surface area contributed by atoms with Crippen LogP contribution in [0.4, 0.5) is 0 Å². The Morgan fingerprint density at radius 2 is 2.17 bits per heavy atom. The monoisotopic (exact) mass is 402 g/mol. The third kappa shape index (κ3) is 3.20. The highest BCUT2D eigenvalue weighted by atomic mass is 16.1. The number of carbonyl (C=O) groups is 1. The first-order valence-corrected chi connectivity index (χ1v) is 10.2. The van der Waals surface area contributed by atoms with Crippen LogP contribution in [-0.4, -0.2) is 35.6 Å². The summed E-state index contributed by atoms with van der Waals surface area (Å²) in [7, 11) is 0. The first kappa shape index (κ1) is 18.4. The van der Waals surface area contributed by atoms with Crippen LogP contribution in [0, 0.1) is 17.2 Å². The number of aromatic amines is 2. The summed E-state index contributed by atoms with van der Waals surface area (Å²) in [5, 5.41) is 19.5. The van der Waals surface area contributed by atoms with Crippen LogP contribution in [0.15, 0.2) is 30.9 Å². The minimum atomic E-state index is -0.190. The average Bonchev–Trinajstić information content (AvgIpc) is 3.51. The number of imidazole rings is 1. The molecule has 0 saturated heterocycles. The maximum Gasteiger partial charge on any atom is 0.254 e. The second-order valence-corrected chi connectivity index (χ2v) is 7.84. The van der Waals surface area contributed by atoms with Crippen molar-refractivity contribution >= 4 is 28.0 Å². The highest BCUT2D eigenvalue weighted by molar-refractivity contribution is 6.01. The van der Waals surface area contributed by atoms with Crippen molar-refractivity contribution in [1.82, 2.24) is 35.0 Å². The molecule has 1 saturated carbocycles. The molecule has 0 spiro atoms. The molecule has 4 aromatic heterocycles. The lowest BCUT2D eigenvalue weighted by atomic mass is 9.84. The molecule has 0 unspecified atom stereocenters. The summed E-state index contributed by atoms with van der Waals surface area (Å²) in [6.45, 7) is 0.322. The first-order valence-electron chi connectivity index (χ1n) is 10.2. The molecule has 4 heterocycles. The van der Waals surface area contributed by atoms with Gasteiger partial charge in [0.05, 0.1) is 36.1 Å². The number of carbonyl (C=O) groups excluding carboxylic acids is 1. The summed E-state index contributed by atoms with van der Waals surface area (Å²) in [5.74, 6) is 1.10. The summed E-state index contributed by atoms with van der Waals surface area (Å²) in [5.41, 5.74) is 3.20. The van der Waals surface area contributed by atoms with Crippen LogP contribution < -0.4 is 5.32 Å². The van der Waals surface area contributed by atoms with Crippen molar-refractivity contribution in [3.05, 3.63) is 42.2 Å². The Bertz CT molecular complexity index is 1220. The number of aromatic nitrogens is 6. The van der Waals surface area contributed by atoms with Gasteiger partial charge in [-0.15, -0.1) is 0 Å². The van der Waals surface area contributed by atoms with Crippen molar-refractivity contribution in [2.45, 2.75) is 44.7 Å². The van der Waals surface area contributed by atoms with Crippen LogP contribution in [0.3, 0.4) is 0 Å². The molecule has 1 fully saturated rings. The molecule has 4 aromatic rings. The van der Waals surface area contributed by atoms with E-state index >= 15 is 0 Å². The Morgan fingerprint density at radius 3 is 2.93 bits per heavy atom. The van der Waals surface area contributed by atoms with Gasteiger partial charge in [0.15, 0.2) is 0 Å². The highest BCUT2D eigenvalue weighted by Crippen LogP contribution is 2.37. The molecular weight excluding hydrogens is 380 g/mol. The highest BCUT2D eigenvalue weighted by Gasteiger charge is 2.27. The molecule has 0 aromatic carbocycles. The van der Waals surface area contributed by atoms with Gasteiger partial charge in [0.25, 0.3) is 5.91 Å². The summed E-state index contributed by atoms with van der Waals surface area (Å²) >= 11 is 0. The van der Waals surface area contributed by atoms with E-state index in [9.17, 15) is 4.79 Å². The van der Waals surface area contributed by atoms with E-state index in [0.29, 0.717) is 24.4 Å². The van der Waals surface area contributed by atoms with Gasteiger partial charge in [-0.2, -0.15) is 10.4 Å². The van der Waals surface area contributed by atoms with E-state index in [1.165, 1.54) is 6.20 Å². The molecule has 0 atom stereocenters. The van der Waals surface area contributed by atoms with Crippen molar-refractivity contribution in [2.24, 2.45) is 5.92 Å². The average molecular weight is 402 g/mol. The number of hydrogen-bond acceptors (Lipinski definition) is 5. The van der Waals surface area contributed by atoms with E-state index in [-0.39, 0.29) is 11.9 Å². The number of nitrogens with zero attached hydrogens (tertiary/aromatic N) is 5. The van der Waals surface area contributed by atoms with Crippen LogP contribution in [-0.2, 0) is 6.54 Å². The molecular formula is C21H22N8O. The molecule has 9 heteroatoms. The normalized spacial score (nSPS) is 19.2. The Labute approximate surface area is 172 Å². The lowest BCUT2D eigenvalue weighted by Gasteiger charge is -2.30. The molecule has 0 radical (unpaired) electrons. The summed E-state index contributed by atoms with van der Waals surface area (Å²) in [4.78, 5) is 24.9. The van der Waals surface area contributed by atoms with E-state index in [4.69, 9.17) is 10.2 Å². The fourth-order valence-electron chi connectivity index (χ4n) is 4.53. The van der Waals surface area contributed by atoms with Crippen LogP contribution >= 0.6 is 0 Å². The number of fused-ring (bicyclic) bond motifs is 3. The van der Waals surface area contributed by atoms with Crippen molar-refractivity contribution in [2.75, 3.05) is 0 Å². The van der Waals surface area contributed by atoms with Crippen LogP contribution in [0.25, 0.3) is 22.1 Å². The molecule has 5 rings (SSSR count). The standard InChI is InChI=1S/C21H22N8O/c22-7-5-13-1-3-15(4-2-13)29-18(12-25-21(30)14-9-26-27-10-14)28-17-11-24-20-16(19(17)29)6-8-23-20/h6,8-11,13,15H,1-5,12H2,(H,23,24)(H,25,30)(H,26,27). The summed E-state index contributed by atoms with van der Waals surface area (Å²) < 4.78 is 2.28. The van der Waals surface area contributed by atoms with Gasteiger partial charge in [0.1, 0.15) is 17.0 Å². The van der Waals surface area contributed by atoms with Crippen molar-refractivity contribution in [3.8, 4) is 6.07 Å². The Hall–Kier alpha value is -3.67. The molecule has 3 N–H and O–H groups in total. The van der Waals surface area contributed by atoms with Crippen molar-refractivity contribution in [1.29, 1.82) is 5.26 Å². The molecule has 152 valence electrons. The molecule has 9 nitrogen and oxygen atoms in total. The van der Waals surface area contributed by atoms with E-state index in [1.807, 2.05) is 12.3 Å². The van der Waals surface area contributed by atoms with Crippen LogP contribution in [0.1, 0.15) is 54.3 Å². The number of nitriles is 1. The van der Waals surface area contributed by atoms with Crippen molar-refractivity contribution < 1.29 is 4.79 Å². The van der Waals surface area contributed by atoms with Gasteiger partial charge in [-0.25, -0.2) is 9.97 Å². The maximum atomic E-state index is 12.4. The topological polar surface area (TPSA) is 128 Å². The second-order valence-electron chi connectivity index (χ2n) is 7.84. The molecule has 30 heavy (non-hydrogen) atoms. The number of H-pyrrole nitrogens is 2. The van der Waals surface area contributed by atoms with Crippen LogP contribution in [0.5, 0.6) is 0 Å². The number of rotatable bonds is 5. The quantitative estimate of drug-likeness (QED) is 0.472. The SMILES string of the molecule is N#CCC1CCC(n2c(CNC(=O)c3cn[nH]c3)nc3cnc4[nH]ccc4c32)CC1. The number of pyridine rings is 1. The van der Waals surface area contributed by atoms with Gasteiger partial charge < -0.3 is 14.9 Å². The Balaban J connectivity index is 1.50. The lowest BCUT2D eigenvalue weighted by molar-refractivity contribution is 0.0949. The van der Waals surface area contributed by atoms with E-state index in [2.05, 4.69) is 36.1 Å². The van der Waals surface area contributed by atoms with Gasteiger partial charge in [-0.05, 0) is 37.7 Å². The minimum absolute atomic E-state index is 0.190. The van der Waals surface area contributed by atoms with E-state index in [0.717, 1.165) is 53.6 Å². The first-order chi connectivity index (χ1) is 14.7. The van der Waals surface area contributed by atoms with Gasteiger partial charge >= 0.3 is 0 Å². The maximum absolute atomic E-state index is 12.4. The van der Waals surface area contributed by atoms with Crippen molar-refractivity contribution in [3.63, 3.8) is 0 Å². The van der Waals surface area contributed by atoms with E-state index < -0.39 is 0 Å². The predicted octanol–water partition coefficient (Wildman–Crippen LogP) is 3.21. The number of nitrogens with one attached hydrogen (secondary N) is 3. The Morgan fingerprint density at radius 1 is 1.30 bits per heavy atom.